The fraction of sp³-hybridized carbons (Fsp3) is 0.167. The van der Waals surface area contributed by atoms with Crippen LogP contribution in [0.1, 0.15) is 39.5 Å². The zero-order valence-electron chi connectivity index (χ0n) is 17.7. The highest BCUT2D eigenvalue weighted by molar-refractivity contribution is 7.17. The molecule has 1 aromatic heterocycles. The summed E-state index contributed by atoms with van der Waals surface area (Å²) < 4.78 is 5.07. The summed E-state index contributed by atoms with van der Waals surface area (Å²) in [5, 5.41) is 11.7. The monoisotopic (exact) mass is 482 g/mol. The van der Waals surface area contributed by atoms with Crippen molar-refractivity contribution in [2.45, 2.75) is 19.9 Å². The second-order valence-electron chi connectivity index (χ2n) is 7.22. The Morgan fingerprint density at radius 2 is 1.82 bits per heavy atom. The highest BCUT2D eigenvalue weighted by atomic mass is 35.5. The Balaban J connectivity index is 1.90. The molecule has 168 valence electrons. The van der Waals surface area contributed by atoms with Crippen molar-refractivity contribution < 1.29 is 24.2 Å². The van der Waals surface area contributed by atoms with Gasteiger partial charge in [-0.2, -0.15) is 0 Å². The third-order valence-corrected chi connectivity index (χ3v) is 6.52. The molecule has 1 saturated heterocycles. The van der Waals surface area contributed by atoms with E-state index >= 15 is 0 Å². The number of Topliss-reactive ketones (excluding diaryl/α,β-unsaturated/α-hetero) is 1. The van der Waals surface area contributed by atoms with Gasteiger partial charge in [0, 0.05) is 10.6 Å². The van der Waals surface area contributed by atoms with E-state index in [4.69, 9.17) is 16.3 Å². The number of aryl methyl sites for hydroxylation is 1. The van der Waals surface area contributed by atoms with Gasteiger partial charge in [-0.1, -0.05) is 65.4 Å². The average Bonchev–Trinajstić information content (AvgIpc) is 3.32. The number of carbonyl (C=O) groups is 3. The topological polar surface area (TPSA) is 96.8 Å². The Hall–Kier alpha value is -3.49. The molecule has 2 heterocycles. The normalized spacial score (nSPS) is 17.4. The van der Waals surface area contributed by atoms with Crippen LogP contribution in [0.4, 0.5) is 5.13 Å². The van der Waals surface area contributed by atoms with Gasteiger partial charge < -0.3 is 9.84 Å². The van der Waals surface area contributed by atoms with Crippen LogP contribution in [0.5, 0.6) is 0 Å². The van der Waals surface area contributed by atoms with E-state index in [1.54, 1.807) is 68.4 Å². The molecule has 0 spiro atoms. The number of halogens is 1. The van der Waals surface area contributed by atoms with Crippen molar-refractivity contribution in [2.24, 2.45) is 0 Å². The number of amides is 1. The Kier molecular flexibility index (Phi) is 6.31. The maximum absolute atomic E-state index is 13.2. The third kappa shape index (κ3) is 4.15. The molecule has 1 aliphatic heterocycles. The fourth-order valence-corrected chi connectivity index (χ4v) is 4.73. The van der Waals surface area contributed by atoms with Gasteiger partial charge in [0.1, 0.15) is 10.6 Å². The van der Waals surface area contributed by atoms with E-state index in [2.05, 4.69) is 4.98 Å². The molecule has 1 unspecified atom stereocenters. The minimum Gasteiger partial charge on any atom is -0.507 e. The van der Waals surface area contributed by atoms with E-state index in [1.165, 1.54) is 4.90 Å². The highest BCUT2D eigenvalue weighted by Crippen LogP contribution is 2.44. The number of hydrogen-bond donors (Lipinski definition) is 1. The number of aliphatic hydroxyl groups is 1. The van der Waals surface area contributed by atoms with E-state index in [0.29, 0.717) is 21.8 Å². The van der Waals surface area contributed by atoms with Crippen molar-refractivity contribution in [3.8, 4) is 0 Å². The summed E-state index contributed by atoms with van der Waals surface area (Å²) in [6.45, 7) is 3.51. The second-order valence-corrected chi connectivity index (χ2v) is 8.63. The smallest absolute Gasteiger partial charge is 0.350 e. The van der Waals surface area contributed by atoms with Crippen LogP contribution in [-0.2, 0) is 14.3 Å². The van der Waals surface area contributed by atoms with E-state index < -0.39 is 23.7 Å². The quantitative estimate of drug-likeness (QED) is 0.240. The zero-order chi connectivity index (χ0) is 23.7. The first-order valence-electron chi connectivity index (χ1n) is 10.1. The Bertz CT molecular complexity index is 1270. The molecular formula is C24H19ClN2O5S. The van der Waals surface area contributed by atoms with Crippen LogP contribution in [0.15, 0.2) is 60.2 Å². The SMILES string of the molecule is CCOC(=O)c1sc(N2C(=O)C(=O)C(=C(O)c3ccccc3)C2c2ccc(Cl)cc2)nc1C. The second kappa shape index (κ2) is 9.17. The Labute approximate surface area is 198 Å². The van der Waals surface area contributed by atoms with Gasteiger partial charge in [-0.05, 0) is 31.5 Å². The number of nitrogens with zero attached hydrogens (tertiary/aromatic N) is 2. The maximum atomic E-state index is 13.2. The summed E-state index contributed by atoms with van der Waals surface area (Å²) in [6, 6.07) is 14.2. The van der Waals surface area contributed by atoms with Gasteiger partial charge in [-0.25, -0.2) is 9.78 Å². The number of aromatic nitrogens is 1. The molecule has 2 aromatic carbocycles. The van der Waals surface area contributed by atoms with E-state index in [1.807, 2.05) is 0 Å². The number of rotatable bonds is 5. The van der Waals surface area contributed by atoms with Crippen molar-refractivity contribution in [3.63, 3.8) is 0 Å². The van der Waals surface area contributed by atoms with Gasteiger partial charge in [0.25, 0.3) is 5.78 Å². The molecule has 1 aliphatic rings. The molecule has 33 heavy (non-hydrogen) atoms. The molecule has 1 fully saturated rings. The van der Waals surface area contributed by atoms with Gasteiger partial charge in [-0.3, -0.25) is 14.5 Å². The fourth-order valence-electron chi connectivity index (χ4n) is 3.61. The lowest BCUT2D eigenvalue weighted by atomic mass is 9.95. The molecule has 0 radical (unpaired) electrons. The van der Waals surface area contributed by atoms with Crippen LogP contribution in [-0.4, -0.2) is 34.4 Å². The van der Waals surface area contributed by atoms with E-state index in [9.17, 15) is 19.5 Å². The van der Waals surface area contributed by atoms with Crippen LogP contribution in [0, 0.1) is 6.92 Å². The van der Waals surface area contributed by atoms with Gasteiger partial charge in [0.15, 0.2) is 5.13 Å². The highest BCUT2D eigenvalue weighted by Gasteiger charge is 2.48. The molecule has 1 atom stereocenters. The number of ether oxygens (including phenoxy) is 1. The lowest BCUT2D eigenvalue weighted by Crippen LogP contribution is -2.29. The van der Waals surface area contributed by atoms with Crippen molar-refractivity contribution >= 4 is 51.5 Å². The van der Waals surface area contributed by atoms with Gasteiger partial charge in [-0.15, -0.1) is 0 Å². The van der Waals surface area contributed by atoms with Crippen LogP contribution in [0.3, 0.4) is 0 Å². The first kappa shape index (κ1) is 22.7. The zero-order valence-corrected chi connectivity index (χ0v) is 19.3. The summed E-state index contributed by atoms with van der Waals surface area (Å²) in [6.07, 6.45) is 0. The number of hydrogen-bond acceptors (Lipinski definition) is 7. The van der Waals surface area contributed by atoms with Gasteiger partial charge in [0.2, 0.25) is 0 Å². The lowest BCUT2D eigenvalue weighted by molar-refractivity contribution is -0.132. The molecule has 0 bridgehead atoms. The molecule has 9 heteroatoms. The van der Waals surface area contributed by atoms with Crippen LogP contribution >= 0.6 is 22.9 Å². The van der Waals surface area contributed by atoms with Crippen LogP contribution in [0.25, 0.3) is 5.76 Å². The predicted octanol–water partition coefficient (Wildman–Crippen LogP) is 4.91. The first-order chi connectivity index (χ1) is 15.8. The number of benzene rings is 2. The van der Waals surface area contributed by atoms with Crippen LogP contribution < -0.4 is 4.90 Å². The standard InChI is InChI=1S/C24H19ClN2O5S/c1-3-32-23(31)21-13(2)26-24(33-21)27-18(14-9-11-16(25)12-10-14)17(20(29)22(27)30)19(28)15-7-5-4-6-8-15/h4-12,18,28H,3H2,1-2H3. The summed E-state index contributed by atoms with van der Waals surface area (Å²) >= 11 is 7.00. The molecular weight excluding hydrogens is 464 g/mol. The van der Waals surface area contributed by atoms with Crippen molar-refractivity contribution in [2.75, 3.05) is 11.5 Å². The minimum atomic E-state index is -0.955. The van der Waals surface area contributed by atoms with Gasteiger partial charge in [0.05, 0.1) is 23.9 Å². The summed E-state index contributed by atoms with van der Waals surface area (Å²) in [7, 11) is 0. The van der Waals surface area contributed by atoms with E-state index in [0.717, 1.165) is 11.3 Å². The largest absolute Gasteiger partial charge is 0.507 e. The Morgan fingerprint density at radius 3 is 2.45 bits per heavy atom. The maximum Gasteiger partial charge on any atom is 0.350 e. The molecule has 1 amide bonds. The van der Waals surface area contributed by atoms with Gasteiger partial charge >= 0.3 is 11.9 Å². The molecule has 0 saturated carbocycles. The summed E-state index contributed by atoms with van der Waals surface area (Å²) in [5.41, 5.74) is 1.27. The number of carbonyl (C=O) groups excluding carboxylic acids is 3. The molecule has 4 rings (SSSR count). The predicted molar refractivity (Wildman–Crippen MR) is 125 cm³/mol. The lowest BCUT2D eigenvalue weighted by Gasteiger charge is -2.23. The van der Waals surface area contributed by atoms with Crippen molar-refractivity contribution in [3.05, 3.63) is 86.9 Å². The van der Waals surface area contributed by atoms with Crippen molar-refractivity contribution in [1.82, 2.24) is 4.98 Å². The van der Waals surface area contributed by atoms with Crippen LogP contribution in [0.2, 0.25) is 5.02 Å². The number of aliphatic hydroxyl groups excluding tert-OH is 1. The molecule has 3 aromatic rings. The first-order valence-corrected chi connectivity index (χ1v) is 11.3. The number of ketones is 1. The average molecular weight is 483 g/mol. The molecule has 0 aliphatic carbocycles. The number of esters is 1. The number of anilines is 1. The Morgan fingerprint density at radius 1 is 1.15 bits per heavy atom. The minimum absolute atomic E-state index is 0.0703. The van der Waals surface area contributed by atoms with E-state index in [-0.39, 0.29) is 27.9 Å². The summed E-state index contributed by atoms with van der Waals surface area (Å²) in [4.78, 5) is 44.4. The van der Waals surface area contributed by atoms with Crippen molar-refractivity contribution in [1.29, 1.82) is 0 Å². The molecule has 1 N–H and O–H groups in total. The number of thiazole rings is 1. The third-order valence-electron chi connectivity index (χ3n) is 5.13. The summed E-state index contributed by atoms with van der Waals surface area (Å²) in [5.74, 6) is -2.55. The molecule has 7 nitrogen and oxygen atoms in total.